The minimum atomic E-state index is -0.439. The summed E-state index contributed by atoms with van der Waals surface area (Å²) in [5, 5.41) is 0. The average Bonchev–Trinajstić information content (AvgIpc) is 2.15. The molecule has 0 amide bonds. The Bertz CT molecular complexity index is 241. The zero-order chi connectivity index (χ0) is 9.68. The van der Waals surface area contributed by atoms with Gasteiger partial charge in [-0.3, -0.25) is 0 Å². The molecule has 0 saturated carbocycles. The van der Waals surface area contributed by atoms with E-state index in [0.717, 1.165) is 5.75 Å². The molecule has 72 valence electrons. The number of hydrogen-bond acceptors (Lipinski definition) is 1. The van der Waals surface area contributed by atoms with Crippen molar-refractivity contribution in [1.29, 1.82) is 0 Å². The quantitative estimate of drug-likeness (QED) is 0.695. The van der Waals surface area contributed by atoms with Gasteiger partial charge in [-0.05, 0) is 23.6 Å². The van der Waals surface area contributed by atoms with Gasteiger partial charge in [0.25, 0.3) is 0 Å². The molecule has 2 heteroatoms. The number of hydrogen-bond donors (Lipinski definition) is 0. The van der Waals surface area contributed by atoms with Crippen molar-refractivity contribution in [3.63, 3.8) is 0 Å². The lowest BCUT2D eigenvalue weighted by Gasteiger charge is -2.07. The van der Waals surface area contributed by atoms with Gasteiger partial charge < -0.3 is 4.74 Å². The van der Waals surface area contributed by atoms with E-state index < -0.39 is 6.67 Å². The standard InChI is InChI=1S/C11H15FO/c1-9(2)10-3-5-11(6-4-10)13-8-7-12/h3-6,9H,7-8H2,1-2H3. The van der Waals surface area contributed by atoms with Crippen molar-refractivity contribution in [1.82, 2.24) is 0 Å². The zero-order valence-corrected chi connectivity index (χ0v) is 8.09. The minimum Gasteiger partial charge on any atom is -0.491 e. The Morgan fingerprint density at radius 1 is 1.23 bits per heavy atom. The summed E-state index contributed by atoms with van der Waals surface area (Å²) in [6, 6.07) is 7.78. The highest BCUT2D eigenvalue weighted by atomic mass is 19.1. The molecule has 0 heterocycles. The minimum absolute atomic E-state index is 0.140. The van der Waals surface area contributed by atoms with E-state index in [2.05, 4.69) is 13.8 Å². The van der Waals surface area contributed by atoms with Gasteiger partial charge in [-0.1, -0.05) is 26.0 Å². The molecule has 0 aliphatic rings. The summed E-state index contributed by atoms with van der Waals surface area (Å²) >= 11 is 0. The largest absolute Gasteiger partial charge is 0.491 e. The van der Waals surface area contributed by atoms with Gasteiger partial charge in [-0.15, -0.1) is 0 Å². The van der Waals surface area contributed by atoms with Gasteiger partial charge in [0.05, 0.1) is 0 Å². The van der Waals surface area contributed by atoms with Crippen LogP contribution >= 0.6 is 0 Å². The SMILES string of the molecule is CC(C)c1ccc(OCCF)cc1. The van der Waals surface area contributed by atoms with E-state index in [1.807, 2.05) is 24.3 Å². The van der Waals surface area contributed by atoms with Crippen LogP contribution in [0.3, 0.4) is 0 Å². The van der Waals surface area contributed by atoms with Crippen LogP contribution in [0.25, 0.3) is 0 Å². The van der Waals surface area contributed by atoms with Crippen LogP contribution in [-0.2, 0) is 0 Å². The predicted octanol–water partition coefficient (Wildman–Crippen LogP) is 3.16. The fourth-order valence-corrected chi connectivity index (χ4v) is 1.11. The third kappa shape index (κ3) is 3.05. The monoisotopic (exact) mass is 182 g/mol. The molecule has 1 nitrogen and oxygen atoms in total. The maximum atomic E-state index is 11.8. The van der Waals surface area contributed by atoms with Gasteiger partial charge in [0.2, 0.25) is 0 Å². The topological polar surface area (TPSA) is 9.23 Å². The lowest BCUT2D eigenvalue weighted by molar-refractivity contribution is 0.273. The first-order valence-corrected chi connectivity index (χ1v) is 4.52. The molecule has 1 aromatic rings. The van der Waals surface area contributed by atoms with Gasteiger partial charge >= 0.3 is 0 Å². The Balaban J connectivity index is 2.59. The van der Waals surface area contributed by atoms with Crippen molar-refractivity contribution in [2.45, 2.75) is 19.8 Å². The molecule has 0 aliphatic carbocycles. The van der Waals surface area contributed by atoms with E-state index in [-0.39, 0.29) is 6.61 Å². The first kappa shape index (κ1) is 10.0. The van der Waals surface area contributed by atoms with Crippen LogP contribution in [0.15, 0.2) is 24.3 Å². The first-order chi connectivity index (χ1) is 6.24. The third-order valence-corrected chi connectivity index (χ3v) is 1.89. The fraction of sp³-hybridized carbons (Fsp3) is 0.455. The van der Waals surface area contributed by atoms with Crippen LogP contribution in [0.2, 0.25) is 0 Å². The van der Waals surface area contributed by atoms with E-state index >= 15 is 0 Å². The van der Waals surface area contributed by atoms with E-state index in [1.54, 1.807) is 0 Å². The van der Waals surface area contributed by atoms with E-state index in [4.69, 9.17) is 4.74 Å². The molecular formula is C11H15FO. The molecule has 0 atom stereocenters. The highest BCUT2D eigenvalue weighted by molar-refractivity contribution is 5.28. The maximum absolute atomic E-state index is 11.8. The molecular weight excluding hydrogens is 167 g/mol. The molecule has 0 fully saturated rings. The molecule has 1 aromatic carbocycles. The number of halogens is 1. The molecule has 0 unspecified atom stereocenters. The molecule has 0 saturated heterocycles. The Labute approximate surface area is 78.5 Å². The fourth-order valence-electron chi connectivity index (χ4n) is 1.11. The van der Waals surface area contributed by atoms with Gasteiger partial charge in [0, 0.05) is 0 Å². The van der Waals surface area contributed by atoms with Crippen LogP contribution in [0.1, 0.15) is 25.3 Å². The molecule has 0 spiro atoms. The van der Waals surface area contributed by atoms with Crippen molar-refractivity contribution in [2.75, 3.05) is 13.3 Å². The number of alkyl halides is 1. The summed E-state index contributed by atoms with van der Waals surface area (Å²) in [4.78, 5) is 0. The van der Waals surface area contributed by atoms with E-state index in [0.29, 0.717) is 5.92 Å². The summed E-state index contributed by atoms with van der Waals surface area (Å²) in [5.41, 5.74) is 1.27. The molecule has 1 rings (SSSR count). The zero-order valence-electron chi connectivity index (χ0n) is 8.09. The molecule has 13 heavy (non-hydrogen) atoms. The lowest BCUT2D eigenvalue weighted by atomic mass is 10.0. The van der Waals surface area contributed by atoms with Crippen LogP contribution in [-0.4, -0.2) is 13.3 Å². The van der Waals surface area contributed by atoms with Crippen LogP contribution in [0.4, 0.5) is 4.39 Å². The van der Waals surface area contributed by atoms with Crippen molar-refractivity contribution in [3.05, 3.63) is 29.8 Å². The number of benzene rings is 1. The summed E-state index contributed by atoms with van der Waals surface area (Å²) in [6.07, 6.45) is 0. The third-order valence-electron chi connectivity index (χ3n) is 1.89. The van der Waals surface area contributed by atoms with Gasteiger partial charge in [-0.25, -0.2) is 4.39 Å². The maximum Gasteiger partial charge on any atom is 0.123 e. The smallest absolute Gasteiger partial charge is 0.123 e. The second-order valence-corrected chi connectivity index (χ2v) is 3.26. The Kier molecular flexibility index (Phi) is 3.74. The predicted molar refractivity (Wildman–Crippen MR) is 52.0 cm³/mol. The van der Waals surface area contributed by atoms with Crippen LogP contribution in [0, 0.1) is 0 Å². The average molecular weight is 182 g/mol. The Hall–Kier alpha value is -1.05. The first-order valence-electron chi connectivity index (χ1n) is 4.52. The molecule has 0 radical (unpaired) electrons. The van der Waals surface area contributed by atoms with Crippen molar-refractivity contribution >= 4 is 0 Å². The van der Waals surface area contributed by atoms with Gasteiger partial charge in [0.15, 0.2) is 0 Å². The highest BCUT2D eigenvalue weighted by Gasteiger charge is 1.98. The van der Waals surface area contributed by atoms with Crippen LogP contribution < -0.4 is 4.74 Å². The Morgan fingerprint density at radius 3 is 2.31 bits per heavy atom. The summed E-state index contributed by atoms with van der Waals surface area (Å²) < 4.78 is 16.9. The summed E-state index contributed by atoms with van der Waals surface area (Å²) in [5.74, 6) is 1.26. The molecule has 0 bridgehead atoms. The number of ether oxygens (including phenoxy) is 1. The van der Waals surface area contributed by atoms with Crippen molar-refractivity contribution < 1.29 is 9.13 Å². The van der Waals surface area contributed by atoms with Crippen LogP contribution in [0.5, 0.6) is 5.75 Å². The molecule has 0 aliphatic heterocycles. The highest BCUT2D eigenvalue weighted by Crippen LogP contribution is 2.18. The van der Waals surface area contributed by atoms with E-state index in [1.165, 1.54) is 5.56 Å². The van der Waals surface area contributed by atoms with E-state index in [9.17, 15) is 4.39 Å². The van der Waals surface area contributed by atoms with Gasteiger partial charge in [0.1, 0.15) is 19.0 Å². The van der Waals surface area contributed by atoms with Crippen molar-refractivity contribution in [3.8, 4) is 5.75 Å². The summed E-state index contributed by atoms with van der Waals surface area (Å²) in [6.45, 7) is 3.97. The molecule has 0 aromatic heterocycles. The molecule has 0 N–H and O–H groups in total. The van der Waals surface area contributed by atoms with Crippen molar-refractivity contribution in [2.24, 2.45) is 0 Å². The Morgan fingerprint density at radius 2 is 1.85 bits per heavy atom. The van der Waals surface area contributed by atoms with Gasteiger partial charge in [-0.2, -0.15) is 0 Å². The second kappa shape index (κ2) is 4.85. The second-order valence-electron chi connectivity index (χ2n) is 3.26. The summed E-state index contributed by atoms with van der Waals surface area (Å²) in [7, 11) is 0. The lowest BCUT2D eigenvalue weighted by Crippen LogP contribution is -1.98. The normalized spacial score (nSPS) is 10.5. The number of rotatable bonds is 4.